The van der Waals surface area contributed by atoms with Crippen LogP contribution in [0.25, 0.3) is 0 Å². The number of ether oxygens (including phenoxy) is 1. The lowest BCUT2D eigenvalue weighted by Crippen LogP contribution is -2.44. The quantitative estimate of drug-likeness (QED) is 0.601. The van der Waals surface area contributed by atoms with Gasteiger partial charge in [0.15, 0.2) is 0 Å². The maximum absolute atomic E-state index is 12.0. The summed E-state index contributed by atoms with van der Waals surface area (Å²) in [6.45, 7) is 8.08. The molecule has 0 saturated carbocycles. The Morgan fingerprint density at radius 2 is 1.77 bits per heavy atom. The monoisotopic (exact) mass is 429 g/mol. The van der Waals surface area contributed by atoms with Crippen LogP contribution < -0.4 is 10.6 Å². The molecule has 3 rings (SSSR count). The Kier molecular flexibility index (Phi) is 8.42. The van der Waals surface area contributed by atoms with Crippen molar-refractivity contribution in [2.45, 2.75) is 52.0 Å². The smallest absolute Gasteiger partial charge is 0.261 e. The van der Waals surface area contributed by atoms with Gasteiger partial charge in [-0.3, -0.25) is 14.5 Å². The molecule has 0 spiro atoms. The van der Waals surface area contributed by atoms with E-state index in [9.17, 15) is 9.59 Å². The molecular formula is C23H31N3O3S. The number of amides is 2. The highest BCUT2D eigenvalue weighted by Crippen LogP contribution is 2.15. The number of thiophene rings is 1. The van der Waals surface area contributed by atoms with Crippen molar-refractivity contribution in [2.24, 2.45) is 0 Å². The van der Waals surface area contributed by atoms with E-state index in [1.807, 2.05) is 11.4 Å². The van der Waals surface area contributed by atoms with E-state index in [2.05, 4.69) is 53.6 Å². The highest BCUT2D eigenvalue weighted by molar-refractivity contribution is 7.12. The Balaban J connectivity index is 1.32. The Morgan fingerprint density at radius 1 is 1.07 bits per heavy atom. The van der Waals surface area contributed by atoms with Gasteiger partial charge in [-0.15, -0.1) is 11.3 Å². The second-order valence-electron chi connectivity index (χ2n) is 7.88. The topological polar surface area (TPSA) is 70.7 Å². The first-order valence-electron chi connectivity index (χ1n) is 10.5. The number of carbonyl (C=O) groups is 2. The van der Waals surface area contributed by atoms with Crippen molar-refractivity contribution in [1.82, 2.24) is 15.5 Å². The molecule has 162 valence electrons. The molecule has 1 aliphatic heterocycles. The summed E-state index contributed by atoms with van der Waals surface area (Å²) in [6.07, 6.45) is 1.56. The standard InChI is InChI=1S/C23H31N3O3S/c1-17-14-26(15-18(2)29-17)16-20-9-7-19(8-10-20)13-25-22(27)6-3-11-24-23(28)21-5-4-12-30-21/h4-5,7-10,12,17-18H,3,6,11,13-16H2,1-2H3,(H,24,28)(H,25,27). The lowest BCUT2D eigenvalue weighted by atomic mass is 10.1. The van der Waals surface area contributed by atoms with E-state index in [4.69, 9.17) is 4.74 Å². The van der Waals surface area contributed by atoms with Gasteiger partial charge < -0.3 is 15.4 Å². The van der Waals surface area contributed by atoms with Crippen molar-refractivity contribution in [2.75, 3.05) is 19.6 Å². The molecule has 2 unspecified atom stereocenters. The van der Waals surface area contributed by atoms with E-state index in [0.29, 0.717) is 30.8 Å². The average molecular weight is 430 g/mol. The summed E-state index contributed by atoms with van der Waals surface area (Å²) in [5, 5.41) is 7.66. The van der Waals surface area contributed by atoms with E-state index in [1.54, 1.807) is 6.07 Å². The molecule has 0 bridgehead atoms. The van der Waals surface area contributed by atoms with Gasteiger partial charge in [-0.1, -0.05) is 30.3 Å². The molecule has 0 radical (unpaired) electrons. The Hall–Kier alpha value is -2.22. The van der Waals surface area contributed by atoms with Crippen LogP contribution in [0, 0.1) is 0 Å². The number of morpholine rings is 1. The van der Waals surface area contributed by atoms with Gasteiger partial charge >= 0.3 is 0 Å². The maximum Gasteiger partial charge on any atom is 0.261 e. The van der Waals surface area contributed by atoms with Gasteiger partial charge in [0.2, 0.25) is 5.91 Å². The van der Waals surface area contributed by atoms with Gasteiger partial charge in [0.05, 0.1) is 17.1 Å². The summed E-state index contributed by atoms with van der Waals surface area (Å²) in [6, 6.07) is 12.1. The second-order valence-corrected chi connectivity index (χ2v) is 8.83. The number of hydrogen-bond donors (Lipinski definition) is 2. The number of carbonyl (C=O) groups excluding carboxylic acids is 2. The fourth-order valence-electron chi connectivity index (χ4n) is 3.67. The first-order chi connectivity index (χ1) is 14.5. The van der Waals surface area contributed by atoms with E-state index in [0.717, 1.165) is 25.2 Å². The molecule has 2 aromatic rings. The van der Waals surface area contributed by atoms with Crippen molar-refractivity contribution in [1.29, 1.82) is 0 Å². The third-order valence-electron chi connectivity index (χ3n) is 5.03. The van der Waals surface area contributed by atoms with E-state index in [-0.39, 0.29) is 24.0 Å². The Labute approximate surface area is 182 Å². The molecule has 1 aliphatic rings. The fraction of sp³-hybridized carbons (Fsp3) is 0.478. The zero-order valence-corrected chi connectivity index (χ0v) is 18.5. The van der Waals surface area contributed by atoms with Crippen LogP contribution in [0.15, 0.2) is 41.8 Å². The fourth-order valence-corrected chi connectivity index (χ4v) is 4.31. The van der Waals surface area contributed by atoms with Crippen molar-refractivity contribution in [3.63, 3.8) is 0 Å². The summed E-state index contributed by atoms with van der Waals surface area (Å²) in [5.74, 6) is -0.0766. The molecule has 0 aliphatic carbocycles. The lowest BCUT2D eigenvalue weighted by molar-refractivity contribution is -0.121. The minimum atomic E-state index is -0.0773. The molecule has 2 atom stereocenters. The summed E-state index contributed by atoms with van der Waals surface area (Å²) in [5.41, 5.74) is 2.36. The van der Waals surface area contributed by atoms with Gasteiger partial charge in [-0.2, -0.15) is 0 Å². The predicted molar refractivity (Wildman–Crippen MR) is 119 cm³/mol. The zero-order chi connectivity index (χ0) is 21.3. The number of hydrogen-bond acceptors (Lipinski definition) is 5. The van der Waals surface area contributed by atoms with Crippen molar-refractivity contribution < 1.29 is 14.3 Å². The molecule has 2 N–H and O–H groups in total. The molecule has 1 aromatic heterocycles. The summed E-state index contributed by atoms with van der Waals surface area (Å²) < 4.78 is 5.79. The molecule has 1 aromatic carbocycles. The minimum Gasteiger partial charge on any atom is -0.373 e. The zero-order valence-electron chi connectivity index (χ0n) is 17.7. The van der Waals surface area contributed by atoms with Crippen LogP contribution in [-0.4, -0.2) is 48.6 Å². The number of rotatable bonds is 9. The van der Waals surface area contributed by atoms with Crippen LogP contribution in [0.3, 0.4) is 0 Å². The molecule has 6 nitrogen and oxygen atoms in total. The predicted octanol–water partition coefficient (Wildman–Crippen LogP) is 3.18. The highest BCUT2D eigenvalue weighted by Gasteiger charge is 2.21. The molecular weight excluding hydrogens is 398 g/mol. The lowest BCUT2D eigenvalue weighted by Gasteiger charge is -2.35. The summed E-state index contributed by atoms with van der Waals surface area (Å²) >= 11 is 1.41. The third kappa shape index (κ3) is 7.23. The van der Waals surface area contributed by atoms with Crippen LogP contribution in [-0.2, 0) is 22.6 Å². The van der Waals surface area contributed by atoms with E-state index in [1.165, 1.54) is 16.9 Å². The largest absolute Gasteiger partial charge is 0.373 e. The average Bonchev–Trinajstić information content (AvgIpc) is 3.25. The van der Waals surface area contributed by atoms with Gasteiger partial charge in [0.1, 0.15) is 0 Å². The maximum atomic E-state index is 12.0. The van der Waals surface area contributed by atoms with Gasteiger partial charge in [0, 0.05) is 39.1 Å². The second kappa shape index (κ2) is 11.2. The first-order valence-corrected chi connectivity index (χ1v) is 11.4. The van der Waals surface area contributed by atoms with Crippen molar-refractivity contribution in [3.05, 3.63) is 57.8 Å². The van der Waals surface area contributed by atoms with Crippen molar-refractivity contribution in [3.8, 4) is 0 Å². The SMILES string of the molecule is CC1CN(Cc2ccc(CNC(=O)CCCNC(=O)c3cccs3)cc2)CC(C)O1. The Bertz CT molecular complexity index is 798. The first kappa shape index (κ1) is 22.5. The number of nitrogens with one attached hydrogen (secondary N) is 2. The van der Waals surface area contributed by atoms with Crippen molar-refractivity contribution >= 4 is 23.2 Å². The number of nitrogens with zero attached hydrogens (tertiary/aromatic N) is 1. The van der Waals surface area contributed by atoms with Crippen LogP contribution in [0.1, 0.15) is 47.5 Å². The van der Waals surface area contributed by atoms with Crippen LogP contribution in [0.5, 0.6) is 0 Å². The summed E-state index contributed by atoms with van der Waals surface area (Å²) in [4.78, 5) is 27.0. The Morgan fingerprint density at radius 3 is 2.43 bits per heavy atom. The molecule has 2 heterocycles. The molecule has 2 amide bonds. The van der Waals surface area contributed by atoms with Crippen LogP contribution >= 0.6 is 11.3 Å². The van der Waals surface area contributed by atoms with Crippen LogP contribution in [0.2, 0.25) is 0 Å². The number of benzene rings is 1. The normalized spacial score (nSPS) is 19.4. The van der Waals surface area contributed by atoms with Gasteiger partial charge in [-0.25, -0.2) is 0 Å². The van der Waals surface area contributed by atoms with Crippen LogP contribution in [0.4, 0.5) is 0 Å². The highest BCUT2D eigenvalue weighted by atomic mass is 32.1. The molecule has 30 heavy (non-hydrogen) atoms. The molecule has 7 heteroatoms. The van der Waals surface area contributed by atoms with Gasteiger partial charge in [-0.05, 0) is 42.8 Å². The van der Waals surface area contributed by atoms with E-state index >= 15 is 0 Å². The third-order valence-corrected chi connectivity index (χ3v) is 5.89. The van der Waals surface area contributed by atoms with E-state index < -0.39 is 0 Å². The molecule has 1 fully saturated rings. The van der Waals surface area contributed by atoms with Gasteiger partial charge in [0.25, 0.3) is 5.91 Å². The summed E-state index contributed by atoms with van der Waals surface area (Å²) in [7, 11) is 0. The molecule has 1 saturated heterocycles. The minimum absolute atomic E-state index is 0.000686.